The summed E-state index contributed by atoms with van der Waals surface area (Å²) in [6.07, 6.45) is 0. The zero-order valence-corrected chi connectivity index (χ0v) is 12.5. The molecular weight excluding hydrogens is 302 g/mol. The molecule has 0 aromatic heterocycles. The summed E-state index contributed by atoms with van der Waals surface area (Å²) in [5.74, 6) is -1.91. The van der Waals surface area contributed by atoms with E-state index < -0.39 is 26.6 Å². The SMILES string of the molecule is C[C@H](CNS(=O)(=O)c1ccc(F)cc1F)N1CCOCC1. The second-order valence-electron chi connectivity index (χ2n) is 4.92. The third-order valence-corrected chi connectivity index (χ3v) is 4.88. The van der Waals surface area contributed by atoms with Crippen LogP contribution in [0.5, 0.6) is 0 Å². The smallest absolute Gasteiger partial charge is 0.243 e. The molecule has 2 rings (SSSR count). The number of sulfonamides is 1. The van der Waals surface area contributed by atoms with E-state index in [1.807, 2.05) is 6.92 Å². The first-order valence-electron chi connectivity index (χ1n) is 6.66. The molecule has 1 aromatic carbocycles. The van der Waals surface area contributed by atoms with Crippen LogP contribution in [0.3, 0.4) is 0 Å². The summed E-state index contributed by atoms with van der Waals surface area (Å²) in [6.45, 7) is 4.73. The van der Waals surface area contributed by atoms with Crippen molar-refractivity contribution >= 4 is 10.0 Å². The fourth-order valence-electron chi connectivity index (χ4n) is 2.15. The fraction of sp³-hybridized carbons (Fsp3) is 0.538. The van der Waals surface area contributed by atoms with Gasteiger partial charge in [-0.25, -0.2) is 21.9 Å². The Kier molecular flexibility index (Phi) is 5.26. The zero-order chi connectivity index (χ0) is 15.5. The maximum Gasteiger partial charge on any atom is 0.243 e. The van der Waals surface area contributed by atoms with Gasteiger partial charge in [-0.1, -0.05) is 0 Å². The lowest BCUT2D eigenvalue weighted by Crippen LogP contribution is -2.47. The summed E-state index contributed by atoms with van der Waals surface area (Å²) < 4.78 is 58.0. The molecule has 1 N–H and O–H groups in total. The molecule has 1 aliphatic rings. The maximum absolute atomic E-state index is 13.5. The van der Waals surface area contributed by atoms with Crippen LogP contribution in [0, 0.1) is 11.6 Å². The van der Waals surface area contributed by atoms with Crippen LogP contribution in [0.1, 0.15) is 6.92 Å². The second-order valence-corrected chi connectivity index (χ2v) is 6.66. The zero-order valence-electron chi connectivity index (χ0n) is 11.7. The van der Waals surface area contributed by atoms with E-state index in [1.165, 1.54) is 0 Å². The van der Waals surface area contributed by atoms with Crippen LogP contribution in [0.2, 0.25) is 0 Å². The molecule has 0 unspecified atom stereocenters. The van der Waals surface area contributed by atoms with Gasteiger partial charge in [0.1, 0.15) is 16.5 Å². The van der Waals surface area contributed by atoms with Gasteiger partial charge in [0, 0.05) is 31.7 Å². The van der Waals surface area contributed by atoms with E-state index in [-0.39, 0.29) is 12.6 Å². The molecule has 0 bridgehead atoms. The van der Waals surface area contributed by atoms with Crippen LogP contribution in [0.4, 0.5) is 8.78 Å². The Morgan fingerprint density at radius 1 is 1.33 bits per heavy atom. The standard InChI is InChI=1S/C13H18F2N2O3S/c1-10(17-4-6-20-7-5-17)9-16-21(18,19)13-3-2-11(14)8-12(13)15/h2-3,8,10,16H,4-7,9H2,1H3/t10-/m1/s1. The molecule has 8 heteroatoms. The van der Waals surface area contributed by atoms with Gasteiger partial charge in [-0.05, 0) is 19.1 Å². The van der Waals surface area contributed by atoms with Gasteiger partial charge >= 0.3 is 0 Å². The molecule has 1 atom stereocenters. The minimum atomic E-state index is -3.99. The lowest BCUT2D eigenvalue weighted by atomic mass is 10.2. The van der Waals surface area contributed by atoms with E-state index in [0.717, 1.165) is 25.2 Å². The van der Waals surface area contributed by atoms with E-state index >= 15 is 0 Å². The van der Waals surface area contributed by atoms with Crippen molar-refractivity contribution in [3.8, 4) is 0 Å². The highest BCUT2D eigenvalue weighted by molar-refractivity contribution is 7.89. The van der Waals surface area contributed by atoms with Gasteiger partial charge in [0.05, 0.1) is 13.2 Å². The molecule has 1 aliphatic heterocycles. The Morgan fingerprint density at radius 3 is 2.62 bits per heavy atom. The summed E-state index contributed by atoms with van der Waals surface area (Å²) in [5, 5.41) is 0. The molecule has 0 saturated carbocycles. The molecule has 21 heavy (non-hydrogen) atoms. The van der Waals surface area contributed by atoms with Crippen molar-refractivity contribution in [2.45, 2.75) is 17.9 Å². The average Bonchev–Trinajstić information content (AvgIpc) is 2.45. The van der Waals surface area contributed by atoms with Crippen molar-refractivity contribution in [3.63, 3.8) is 0 Å². The van der Waals surface area contributed by atoms with Crippen molar-refractivity contribution in [1.29, 1.82) is 0 Å². The average molecular weight is 320 g/mol. The van der Waals surface area contributed by atoms with Gasteiger partial charge in [0.25, 0.3) is 0 Å². The van der Waals surface area contributed by atoms with Crippen LogP contribution in [-0.4, -0.2) is 52.2 Å². The van der Waals surface area contributed by atoms with E-state index in [2.05, 4.69) is 9.62 Å². The number of nitrogens with zero attached hydrogens (tertiary/aromatic N) is 1. The predicted molar refractivity (Wildman–Crippen MR) is 73.4 cm³/mol. The van der Waals surface area contributed by atoms with E-state index in [9.17, 15) is 17.2 Å². The molecule has 1 fully saturated rings. The van der Waals surface area contributed by atoms with Crippen LogP contribution >= 0.6 is 0 Å². The van der Waals surface area contributed by atoms with Gasteiger partial charge < -0.3 is 4.74 Å². The van der Waals surface area contributed by atoms with Crippen LogP contribution in [-0.2, 0) is 14.8 Å². The number of halogens is 2. The monoisotopic (exact) mass is 320 g/mol. The summed E-state index contributed by atoms with van der Waals surface area (Å²) >= 11 is 0. The first-order valence-corrected chi connectivity index (χ1v) is 8.15. The van der Waals surface area contributed by atoms with Crippen molar-refractivity contribution < 1.29 is 21.9 Å². The van der Waals surface area contributed by atoms with Gasteiger partial charge in [-0.15, -0.1) is 0 Å². The van der Waals surface area contributed by atoms with E-state index in [0.29, 0.717) is 19.3 Å². The van der Waals surface area contributed by atoms with Crippen molar-refractivity contribution in [2.24, 2.45) is 0 Å². The molecular formula is C13H18F2N2O3S. The predicted octanol–water partition coefficient (Wildman–Crippen LogP) is 0.964. The lowest BCUT2D eigenvalue weighted by Gasteiger charge is -2.32. The lowest BCUT2D eigenvalue weighted by molar-refractivity contribution is 0.0213. The summed E-state index contributed by atoms with van der Waals surface area (Å²) in [5.41, 5.74) is 0. The van der Waals surface area contributed by atoms with E-state index in [1.54, 1.807) is 0 Å². The Morgan fingerprint density at radius 2 is 2.00 bits per heavy atom. The fourth-order valence-corrected chi connectivity index (χ4v) is 3.33. The maximum atomic E-state index is 13.5. The highest BCUT2D eigenvalue weighted by Crippen LogP contribution is 2.15. The Balaban J connectivity index is 2.00. The summed E-state index contributed by atoms with van der Waals surface area (Å²) in [7, 11) is -3.99. The van der Waals surface area contributed by atoms with Crippen molar-refractivity contribution in [1.82, 2.24) is 9.62 Å². The minimum absolute atomic E-state index is 0.0350. The molecule has 1 aromatic rings. The number of rotatable bonds is 5. The molecule has 118 valence electrons. The Bertz CT molecular complexity index is 589. The highest BCUT2D eigenvalue weighted by atomic mass is 32.2. The first kappa shape index (κ1) is 16.3. The third-order valence-electron chi connectivity index (χ3n) is 3.42. The molecule has 5 nitrogen and oxygen atoms in total. The quantitative estimate of drug-likeness (QED) is 0.878. The van der Waals surface area contributed by atoms with Gasteiger partial charge in [-0.2, -0.15) is 0 Å². The molecule has 0 amide bonds. The molecule has 1 heterocycles. The van der Waals surface area contributed by atoms with Crippen molar-refractivity contribution in [3.05, 3.63) is 29.8 Å². The van der Waals surface area contributed by atoms with Crippen LogP contribution < -0.4 is 4.72 Å². The summed E-state index contributed by atoms with van der Waals surface area (Å²) in [4.78, 5) is 1.55. The first-order chi connectivity index (χ1) is 9.90. The molecule has 0 spiro atoms. The second kappa shape index (κ2) is 6.78. The molecule has 0 radical (unpaired) electrons. The Hall–Kier alpha value is -1.09. The molecule has 0 aliphatic carbocycles. The topological polar surface area (TPSA) is 58.6 Å². The Labute approximate surface area is 122 Å². The van der Waals surface area contributed by atoms with Crippen LogP contribution in [0.25, 0.3) is 0 Å². The van der Waals surface area contributed by atoms with Crippen molar-refractivity contribution in [2.75, 3.05) is 32.8 Å². The van der Waals surface area contributed by atoms with Crippen LogP contribution in [0.15, 0.2) is 23.1 Å². The summed E-state index contributed by atoms with van der Waals surface area (Å²) in [6, 6.07) is 2.36. The highest BCUT2D eigenvalue weighted by Gasteiger charge is 2.22. The number of hydrogen-bond acceptors (Lipinski definition) is 4. The number of hydrogen-bond donors (Lipinski definition) is 1. The number of morpholine rings is 1. The molecule has 1 saturated heterocycles. The third kappa shape index (κ3) is 4.19. The number of ether oxygens (including phenoxy) is 1. The number of nitrogens with one attached hydrogen (secondary N) is 1. The normalized spacial score (nSPS) is 18.6. The number of benzene rings is 1. The largest absolute Gasteiger partial charge is 0.379 e. The van der Waals surface area contributed by atoms with Gasteiger partial charge in [0.15, 0.2) is 0 Å². The van der Waals surface area contributed by atoms with Gasteiger partial charge in [0.2, 0.25) is 10.0 Å². The minimum Gasteiger partial charge on any atom is -0.379 e. The van der Waals surface area contributed by atoms with E-state index in [4.69, 9.17) is 4.74 Å². The van der Waals surface area contributed by atoms with Gasteiger partial charge in [-0.3, -0.25) is 4.90 Å².